The van der Waals surface area contributed by atoms with Gasteiger partial charge in [-0.25, -0.2) is 8.78 Å². The van der Waals surface area contributed by atoms with E-state index in [0.717, 1.165) is 16.7 Å². The van der Waals surface area contributed by atoms with Gasteiger partial charge in [-0.15, -0.1) is 0 Å². The van der Waals surface area contributed by atoms with Gasteiger partial charge in [0.05, 0.1) is 6.20 Å². The summed E-state index contributed by atoms with van der Waals surface area (Å²) in [5, 5.41) is 4.02. The van der Waals surface area contributed by atoms with Crippen molar-refractivity contribution >= 4 is 0 Å². The Bertz CT molecular complexity index is 544. The molecular formula is C13H14F2N2. The number of rotatable bonds is 2. The van der Waals surface area contributed by atoms with Crippen LogP contribution in [-0.2, 0) is 7.05 Å². The van der Waals surface area contributed by atoms with Crippen LogP contribution in [0.25, 0.3) is 11.1 Å². The first-order valence-electron chi connectivity index (χ1n) is 5.37. The predicted octanol–water partition coefficient (Wildman–Crippen LogP) is 3.64. The van der Waals surface area contributed by atoms with Crippen molar-refractivity contribution in [3.05, 3.63) is 41.2 Å². The maximum absolute atomic E-state index is 13.0. The van der Waals surface area contributed by atoms with E-state index in [4.69, 9.17) is 0 Å². The van der Waals surface area contributed by atoms with Crippen LogP contribution in [0.5, 0.6) is 0 Å². The van der Waals surface area contributed by atoms with Crippen LogP contribution in [-0.4, -0.2) is 9.78 Å². The zero-order chi connectivity index (χ0) is 12.6. The van der Waals surface area contributed by atoms with Crippen LogP contribution >= 0.6 is 0 Å². The van der Waals surface area contributed by atoms with Gasteiger partial charge in [-0.2, -0.15) is 5.10 Å². The Morgan fingerprint density at radius 1 is 1.18 bits per heavy atom. The first kappa shape index (κ1) is 11.8. The molecule has 2 aromatic rings. The van der Waals surface area contributed by atoms with Crippen molar-refractivity contribution in [3.8, 4) is 11.1 Å². The van der Waals surface area contributed by atoms with E-state index in [-0.39, 0.29) is 5.56 Å². The molecule has 0 bridgehead atoms. The lowest BCUT2D eigenvalue weighted by atomic mass is 9.97. The minimum Gasteiger partial charge on any atom is -0.275 e. The van der Waals surface area contributed by atoms with Crippen molar-refractivity contribution in [1.29, 1.82) is 0 Å². The second-order valence-electron chi connectivity index (χ2n) is 4.23. The summed E-state index contributed by atoms with van der Waals surface area (Å²) < 4.78 is 27.6. The number of aromatic nitrogens is 2. The molecule has 0 aliphatic rings. The number of benzene rings is 1. The lowest BCUT2D eigenvalue weighted by Gasteiger charge is -2.11. The Hall–Kier alpha value is -1.71. The molecule has 0 N–H and O–H groups in total. The normalized spacial score (nSPS) is 11.2. The van der Waals surface area contributed by atoms with E-state index < -0.39 is 6.43 Å². The van der Waals surface area contributed by atoms with E-state index in [0.29, 0.717) is 5.56 Å². The highest BCUT2D eigenvalue weighted by Crippen LogP contribution is 2.33. The number of hydrogen-bond donors (Lipinski definition) is 0. The van der Waals surface area contributed by atoms with Gasteiger partial charge in [-0.05, 0) is 36.6 Å². The molecule has 2 rings (SSSR count). The second-order valence-corrected chi connectivity index (χ2v) is 4.23. The van der Waals surface area contributed by atoms with Crippen LogP contribution in [0.15, 0.2) is 24.5 Å². The Kier molecular flexibility index (Phi) is 2.96. The number of aryl methyl sites for hydroxylation is 3. The van der Waals surface area contributed by atoms with Gasteiger partial charge >= 0.3 is 0 Å². The third-order valence-electron chi connectivity index (χ3n) is 2.92. The average molecular weight is 236 g/mol. The highest BCUT2D eigenvalue weighted by molar-refractivity contribution is 5.68. The van der Waals surface area contributed by atoms with E-state index in [1.54, 1.807) is 36.3 Å². The molecule has 90 valence electrons. The van der Waals surface area contributed by atoms with Crippen LogP contribution in [0.4, 0.5) is 8.78 Å². The number of hydrogen-bond acceptors (Lipinski definition) is 1. The fraction of sp³-hybridized carbons (Fsp3) is 0.308. The van der Waals surface area contributed by atoms with E-state index >= 15 is 0 Å². The van der Waals surface area contributed by atoms with Crippen molar-refractivity contribution in [2.24, 2.45) is 7.05 Å². The molecule has 0 atom stereocenters. The monoisotopic (exact) mass is 236 g/mol. The largest absolute Gasteiger partial charge is 0.275 e. The van der Waals surface area contributed by atoms with Crippen LogP contribution in [0.1, 0.15) is 23.1 Å². The van der Waals surface area contributed by atoms with Crippen LogP contribution in [0, 0.1) is 13.8 Å². The Balaban J connectivity index is 2.63. The van der Waals surface area contributed by atoms with Gasteiger partial charge in [0, 0.05) is 24.4 Å². The van der Waals surface area contributed by atoms with Crippen LogP contribution < -0.4 is 0 Å². The van der Waals surface area contributed by atoms with Crippen LogP contribution in [0.3, 0.4) is 0 Å². The van der Waals surface area contributed by atoms with Crippen molar-refractivity contribution in [1.82, 2.24) is 9.78 Å². The molecule has 1 aromatic carbocycles. The van der Waals surface area contributed by atoms with Gasteiger partial charge in [0.2, 0.25) is 0 Å². The number of halogens is 2. The topological polar surface area (TPSA) is 17.8 Å². The number of nitrogens with zero attached hydrogens (tertiary/aromatic N) is 2. The summed E-state index contributed by atoms with van der Waals surface area (Å²) in [7, 11) is 1.77. The molecule has 1 heterocycles. The molecule has 0 aliphatic heterocycles. The third-order valence-corrected chi connectivity index (χ3v) is 2.92. The summed E-state index contributed by atoms with van der Waals surface area (Å²) in [5.41, 5.74) is 3.25. The minimum absolute atomic E-state index is 0.0705. The van der Waals surface area contributed by atoms with Gasteiger partial charge in [0.15, 0.2) is 0 Å². The molecule has 0 fully saturated rings. The lowest BCUT2D eigenvalue weighted by molar-refractivity contribution is 0.152. The van der Waals surface area contributed by atoms with Crippen molar-refractivity contribution in [2.45, 2.75) is 20.3 Å². The molecule has 2 nitrogen and oxygen atoms in total. The Morgan fingerprint density at radius 3 is 2.35 bits per heavy atom. The molecule has 0 amide bonds. The SMILES string of the molecule is Cc1cc(-c2cnn(C)c2)c(C(F)F)cc1C. The summed E-state index contributed by atoms with van der Waals surface area (Å²) in [4.78, 5) is 0. The molecule has 0 unspecified atom stereocenters. The van der Waals surface area contributed by atoms with Crippen molar-refractivity contribution in [2.75, 3.05) is 0 Å². The molecular weight excluding hydrogens is 222 g/mol. The highest BCUT2D eigenvalue weighted by atomic mass is 19.3. The second kappa shape index (κ2) is 4.28. The fourth-order valence-electron chi connectivity index (χ4n) is 1.83. The molecule has 4 heteroatoms. The average Bonchev–Trinajstić information content (AvgIpc) is 2.68. The predicted molar refractivity (Wildman–Crippen MR) is 63.1 cm³/mol. The molecule has 17 heavy (non-hydrogen) atoms. The number of alkyl halides is 2. The third kappa shape index (κ3) is 2.20. The zero-order valence-corrected chi connectivity index (χ0v) is 10.0. The Labute approximate surface area is 98.9 Å². The zero-order valence-electron chi connectivity index (χ0n) is 10.0. The Morgan fingerprint density at radius 2 is 1.82 bits per heavy atom. The van der Waals surface area contributed by atoms with Crippen LogP contribution in [0.2, 0.25) is 0 Å². The highest BCUT2D eigenvalue weighted by Gasteiger charge is 2.16. The smallest absolute Gasteiger partial charge is 0.264 e. The van der Waals surface area contributed by atoms with Gasteiger partial charge < -0.3 is 0 Å². The first-order chi connectivity index (χ1) is 7.99. The maximum atomic E-state index is 13.0. The quantitative estimate of drug-likeness (QED) is 0.778. The lowest BCUT2D eigenvalue weighted by Crippen LogP contribution is -1.93. The van der Waals surface area contributed by atoms with Gasteiger partial charge in [-0.1, -0.05) is 6.07 Å². The summed E-state index contributed by atoms with van der Waals surface area (Å²) in [5.74, 6) is 0. The van der Waals surface area contributed by atoms with Crippen molar-refractivity contribution < 1.29 is 8.78 Å². The van der Waals surface area contributed by atoms with E-state index in [9.17, 15) is 8.78 Å². The molecule has 0 radical (unpaired) electrons. The molecule has 0 aliphatic carbocycles. The molecule has 0 spiro atoms. The summed E-state index contributed by atoms with van der Waals surface area (Å²) in [6.45, 7) is 3.76. The molecule has 0 saturated carbocycles. The van der Waals surface area contributed by atoms with E-state index in [2.05, 4.69) is 5.10 Å². The summed E-state index contributed by atoms with van der Waals surface area (Å²) >= 11 is 0. The molecule has 0 saturated heterocycles. The summed E-state index contributed by atoms with van der Waals surface area (Å²) in [6.07, 6.45) is 0.885. The summed E-state index contributed by atoms with van der Waals surface area (Å²) in [6, 6.07) is 3.36. The molecule has 1 aromatic heterocycles. The van der Waals surface area contributed by atoms with E-state index in [1.165, 1.54) is 0 Å². The fourth-order valence-corrected chi connectivity index (χ4v) is 1.83. The minimum atomic E-state index is -2.47. The standard InChI is InChI=1S/C13H14F2N2/c1-8-4-11(10-6-16-17(3)7-10)12(13(14)15)5-9(8)2/h4-7,13H,1-3H3. The van der Waals surface area contributed by atoms with Crippen molar-refractivity contribution in [3.63, 3.8) is 0 Å². The maximum Gasteiger partial charge on any atom is 0.264 e. The van der Waals surface area contributed by atoms with E-state index in [1.807, 2.05) is 13.8 Å². The van der Waals surface area contributed by atoms with Gasteiger partial charge in [-0.3, -0.25) is 4.68 Å². The first-order valence-corrected chi connectivity index (χ1v) is 5.37. The van der Waals surface area contributed by atoms with Gasteiger partial charge in [0.1, 0.15) is 0 Å². The van der Waals surface area contributed by atoms with Gasteiger partial charge in [0.25, 0.3) is 6.43 Å².